The summed E-state index contributed by atoms with van der Waals surface area (Å²) in [7, 11) is 3.19. The highest BCUT2D eigenvalue weighted by Crippen LogP contribution is 2.24. The number of amides is 1. The van der Waals surface area contributed by atoms with Crippen molar-refractivity contribution in [1.82, 2.24) is 5.32 Å². The Morgan fingerprint density at radius 3 is 2.11 bits per heavy atom. The molecule has 1 amide bonds. The third-order valence-corrected chi connectivity index (χ3v) is 5.27. The number of rotatable bonds is 11. The van der Waals surface area contributed by atoms with Crippen LogP contribution in [0.3, 0.4) is 0 Å². The number of aromatic hydroxyl groups is 1. The molecule has 9 nitrogen and oxygen atoms in total. The molecule has 3 aromatic carbocycles. The van der Waals surface area contributed by atoms with Gasteiger partial charge in [-0.05, 0) is 59.5 Å². The van der Waals surface area contributed by atoms with Crippen LogP contribution in [0.2, 0.25) is 0 Å². The van der Waals surface area contributed by atoms with E-state index >= 15 is 0 Å². The first-order valence-corrected chi connectivity index (χ1v) is 11.5. The molecule has 3 rings (SSSR count). The fraction of sp³-hybridized carbons (Fsp3) is 0.214. The average molecular weight is 543 g/mol. The molecule has 0 radical (unpaired) electrons. The lowest BCUT2D eigenvalue weighted by Crippen LogP contribution is -2.43. The minimum Gasteiger partial charge on any atom is -0.508 e. The number of phenolic OH excluding ortho intramolecular Hbond substituents is 1. The van der Waals surface area contributed by atoms with E-state index in [2.05, 4.69) is 5.32 Å². The van der Waals surface area contributed by atoms with Gasteiger partial charge in [0.05, 0.1) is 26.8 Å². The van der Waals surface area contributed by atoms with Gasteiger partial charge in [0.2, 0.25) is 5.91 Å². The standard InChI is InChI=1S/C28H30N2O7.ClH/c1-34-24-15-21(16-25(18-24)35-2)4-3-19-7-11-23(12-8-19)37-28(33)36-14-13-30-27(32)26(29)17-20-5-9-22(31)10-6-20;/h3-12,15-16,18,26,31H,13-14,17,29H2,1-2H3,(H,30,32);1H. The number of ether oxygens (including phenoxy) is 4. The van der Waals surface area contributed by atoms with Gasteiger partial charge in [-0.1, -0.05) is 36.4 Å². The van der Waals surface area contributed by atoms with Crippen LogP contribution in [-0.2, 0) is 16.0 Å². The molecule has 0 spiro atoms. The second-order valence-electron chi connectivity index (χ2n) is 8.02. The molecule has 0 aliphatic heterocycles. The van der Waals surface area contributed by atoms with Gasteiger partial charge in [-0.25, -0.2) is 4.79 Å². The van der Waals surface area contributed by atoms with Crippen LogP contribution in [0.25, 0.3) is 12.2 Å². The number of hydrogen-bond donors (Lipinski definition) is 3. The Labute approximate surface area is 227 Å². The van der Waals surface area contributed by atoms with Crippen molar-refractivity contribution in [3.63, 3.8) is 0 Å². The average Bonchev–Trinajstić information content (AvgIpc) is 2.91. The molecule has 0 bridgehead atoms. The largest absolute Gasteiger partial charge is 0.513 e. The third-order valence-electron chi connectivity index (χ3n) is 5.27. The molecule has 0 aliphatic rings. The number of hydrogen-bond acceptors (Lipinski definition) is 8. The highest BCUT2D eigenvalue weighted by molar-refractivity contribution is 5.85. The fourth-order valence-electron chi connectivity index (χ4n) is 3.31. The summed E-state index contributed by atoms with van der Waals surface area (Å²) < 4.78 is 20.7. The SMILES string of the molecule is COc1cc(C=Cc2ccc(OC(=O)OCCNC(=O)C(N)Cc3ccc(O)cc3)cc2)cc(OC)c1.Cl. The van der Waals surface area contributed by atoms with Crippen LogP contribution in [0.15, 0.2) is 66.7 Å². The van der Waals surface area contributed by atoms with Crippen molar-refractivity contribution in [3.05, 3.63) is 83.4 Å². The van der Waals surface area contributed by atoms with E-state index in [1.165, 1.54) is 12.1 Å². The topological polar surface area (TPSA) is 129 Å². The normalized spacial score (nSPS) is 11.2. The molecular formula is C28H31ClN2O7. The van der Waals surface area contributed by atoms with E-state index < -0.39 is 12.2 Å². The summed E-state index contributed by atoms with van der Waals surface area (Å²) in [4.78, 5) is 24.1. The number of nitrogens with two attached hydrogens (primary N) is 1. The van der Waals surface area contributed by atoms with Crippen LogP contribution >= 0.6 is 12.4 Å². The molecule has 3 aromatic rings. The van der Waals surface area contributed by atoms with Gasteiger partial charge in [0.25, 0.3) is 0 Å². The van der Waals surface area contributed by atoms with E-state index in [-0.39, 0.29) is 37.2 Å². The first-order chi connectivity index (χ1) is 17.9. The Morgan fingerprint density at radius 2 is 1.50 bits per heavy atom. The molecule has 0 aliphatic carbocycles. The molecule has 0 saturated heterocycles. The lowest BCUT2D eigenvalue weighted by Gasteiger charge is -2.12. The maximum absolute atomic E-state index is 12.1. The van der Waals surface area contributed by atoms with Gasteiger partial charge < -0.3 is 35.1 Å². The van der Waals surface area contributed by atoms with Gasteiger partial charge in [0.15, 0.2) is 0 Å². The summed E-state index contributed by atoms with van der Waals surface area (Å²) in [5.74, 6) is 1.48. The number of methoxy groups -OCH3 is 2. The molecule has 0 aromatic heterocycles. The van der Waals surface area contributed by atoms with E-state index in [1.54, 1.807) is 56.7 Å². The van der Waals surface area contributed by atoms with Crippen molar-refractivity contribution in [2.75, 3.05) is 27.4 Å². The highest BCUT2D eigenvalue weighted by Gasteiger charge is 2.14. The second-order valence-corrected chi connectivity index (χ2v) is 8.02. The predicted octanol–water partition coefficient (Wildman–Crippen LogP) is 4.20. The lowest BCUT2D eigenvalue weighted by molar-refractivity contribution is -0.122. The van der Waals surface area contributed by atoms with Crippen LogP contribution in [0.4, 0.5) is 4.79 Å². The molecule has 10 heteroatoms. The lowest BCUT2D eigenvalue weighted by atomic mass is 10.1. The van der Waals surface area contributed by atoms with Crippen LogP contribution in [0.1, 0.15) is 16.7 Å². The molecule has 0 saturated carbocycles. The molecule has 1 unspecified atom stereocenters. The molecule has 202 valence electrons. The molecular weight excluding hydrogens is 512 g/mol. The van der Waals surface area contributed by atoms with Crippen molar-refractivity contribution in [2.45, 2.75) is 12.5 Å². The monoisotopic (exact) mass is 542 g/mol. The minimum atomic E-state index is -0.880. The van der Waals surface area contributed by atoms with Gasteiger partial charge in [0, 0.05) is 6.07 Å². The number of carbonyl (C=O) groups excluding carboxylic acids is 2. The van der Waals surface area contributed by atoms with E-state index in [4.69, 9.17) is 24.7 Å². The van der Waals surface area contributed by atoms with Crippen LogP contribution in [0.5, 0.6) is 23.0 Å². The van der Waals surface area contributed by atoms with Crippen molar-refractivity contribution < 1.29 is 33.6 Å². The number of phenols is 1. The zero-order chi connectivity index (χ0) is 26.6. The molecule has 38 heavy (non-hydrogen) atoms. The van der Waals surface area contributed by atoms with Gasteiger partial charge in [-0.2, -0.15) is 0 Å². The maximum Gasteiger partial charge on any atom is 0.513 e. The second kappa shape index (κ2) is 15.1. The summed E-state index contributed by atoms with van der Waals surface area (Å²) >= 11 is 0. The van der Waals surface area contributed by atoms with Gasteiger partial charge in [0.1, 0.15) is 29.6 Å². The highest BCUT2D eigenvalue weighted by atomic mass is 35.5. The smallest absolute Gasteiger partial charge is 0.508 e. The molecule has 0 fully saturated rings. The predicted molar refractivity (Wildman–Crippen MR) is 147 cm³/mol. The van der Waals surface area contributed by atoms with Crippen molar-refractivity contribution >= 4 is 36.6 Å². The summed E-state index contributed by atoms with van der Waals surface area (Å²) in [5.41, 5.74) is 8.53. The number of nitrogens with one attached hydrogen (secondary N) is 1. The zero-order valence-electron chi connectivity index (χ0n) is 21.1. The molecule has 1 atom stereocenters. The number of carbonyl (C=O) groups is 2. The Kier molecular flexibility index (Phi) is 12.0. The van der Waals surface area contributed by atoms with Gasteiger partial charge in [-0.15, -0.1) is 12.4 Å². The summed E-state index contributed by atoms with van der Waals surface area (Å²) in [5, 5.41) is 11.9. The third kappa shape index (κ3) is 9.68. The van der Waals surface area contributed by atoms with Crippen LogP contribution < -0.4 is 25.3 Å². The summed E-state index contributed by atoms with van der Waals surface area (Å²) in [6.07, 6.45) is 3.26. The van der Waals surface area contributed by atoms with Gasteiger partial charge in [-0.3, -0.25) is 4.79 Å². The van der Waals surface area contributed by atoms with E-state index in [0.717, 1.165) is 16.7 Å². The fourth-order valence-corrected chi connectivity index (χ4v) is 3.31. The van der Waals surface area contributed by atoms with Crippen LogP contribution in [-0.4, -0.2) is 50.6 Å². The van der Waals surface area contributed by atoms with Gasteiger partial charge >= 0.3 is 6.16 Å². The van der Waals surface area contributed by atoms with E-state index in [1.807, 2.05) is 24.3 Å². The van der Waals surface area contributed by atoms with Crippen molar-refractivity contribution in [1.29, 1.82) is 0 Å². The summed E-state index contributed by atoms with van der Waals surface area (Å²) in [6.45, 7) is 0.0251. The Balaban J connectivity index is 0.00000507. The number of benzene rings is 3. The summed E-state index contributed by atoms with van der Waals surface area (Å²) in [6, 6.07) is 18.2. The first-order valence-electron chi connectivity index (χ1n) is 11.5. The van der Waals surface area contributed by atoms with Crippen molar-refractivity contribution in [2.24, 2.45) is 5.73 Å². The zero-order valence-corrected chi connectivity index (χ0v) is 21.9. The van der Waals surface area contributed by atoms with E-state index in [0.29, 0.717) is 23.7 Å². The minimum absolute atomic E-state index is 0. The Hall–Kier alpha value is -4.21. The van der Waals surface area contributed by atoms with Crippen molar-refractivity contribution in [3.8, 4) is 23.0 Å². The van der Waals surface area contributed by atoms with Crippen LogP contribution in [0, 0.1) is 0 Å². The Morgan fingerprint density at radius 1 is 0.895 bits per heavy atom. The maximum atomic E-state index is 12.1. The number of halogens is 1. The quantitative estimate of drug-likeness (QED) is 0.142. The first kappa shape index (κ1) is 30.0. The van der Waals surface area contributed by atoms with E-state index in [9.17, 15) is 14.7 Å². The Bertz CT molecular complexity index is 1190. The molecule has 0 heterocycles. The molecule has 4 N–H and O–H groups in total.